The summed E-state index contributed by atoms with van der Waals surface area (Å²) in [5, 5.41) is 20.4. The van der Waals surface area contributed by atoms with Crippen LogP contribution in [0.5, 0.6) is 5.75 Å². The number of methoxy groups -OCH3 is 1. The van der Waals surface area contributed by atoms with Gasteiger partial charge in [-0.15, -0.1) is 0 Å². The Morgan fingerprint density at radius 3 is 2.57 bits per heavy atom. The molecule has 2 rings (SSSR count). The molecule has 108 valence electrons. The number of ether oxygens (including phenoxy) is 1. The van der Waals surface area contributed by atoms with E-state index in [0.717, 1.165) is 6.07 Å². The third-order valence-electron chi connectivity index (χ3n) is 2.85. The van der Waals surface area contributed by atoms with Crippen LogP contribution in [-0.4, -0.2) is 23.1 Å². The van der Waals surface area contributed by atoms with Gasteiger partial charge in [0.25, 0.3) is 5.69 Å². The summed E-state index contributed by atoms with van der Waals surface area (Å²) in [5.41, 5.74) is 0.338. The third-order valence-corrected chi connectivity index (χ3v) is 3.08. The fourth-order valence-electron chi connectivity index (χ4n) is 1.90. The van der Waals surface area contributed by atoms with Gasteiger partial charge in [0, 0.05) is 22.7 Å². The average molecular weight is 308 g/mol. The number of non-ortho nitro benzene ring substituents is 1. The number of carbonyl (C=O) groups is 1. The van der Waals surface area contributed by atoms with E-state index in [1.54, 1.807) is 18.2 Å². The SMILES string of the molecule is COc1ccc(Cl)cc1-c1cc(C(=O)O)cc([N+](=O)[O-])c1. The van der Waals surface area contributed by atoms with Crippen LogP contribution in [0.15, 0.2) is 36.4 Å². The van der Waals surface area contributed by atoms with Crippen LogP contribution < -0.4 is 4.74 Å². The quantitative estimate of drug-likeness (QED) is 0.688. The van der Waals surface area contributed by atoms with E-state index in [-0.39, 0.29) is 11.3 Å². The smallest absolute Gasteiger partial charge is 0.335 e. The van der Waals surface area contributed by atoms with Gasteiger partial charge in [-0.05, 0) is 29.8 Å². The maximum atomic E-state index is 11.1. The lowest BCUT2D eigenvalue weighted by atomic mass is 10.0. The van der Waals surface area contributed by atoms with Crippen molar-refractivity contribution in [2.45, 2.75) is 0 Å². The number of carboxylic acid groups (broad SMARTS) is 1. The van der Waals surface area contributed by atoms with Gasteiger partial charge in [-0.3, -0.25) is 10.1 Å². The number of hydrogen-bond acceptors (Lipinski definition) is 4. The summed E-state index contributed by atoms with van der Waals surface area (Å²) in [6.45, 7) is 0. The van der Waals surface area contributed by atoms with E-state index < -0.39 is 10.9 Å². The molecule has 6 nitrogen and oxygen atoms in total. The van der Waals surface area contributed by atoms with Gasteiger partial charge >= 0.3 is 5.97 Å². The van der Waals surface area contributed by atoms with Crippen LogP contribution in [0.2, 0.25) is 5.02 Å². The van der Waals surface area contributed by atoms with E-state index >= 15 is 0 Å². The molecule has 0 aromatic heterocycles. The molecule has 0 spiro atoms. The molecule has 0 aliphatic heterocycles. The highest BCUT2D eigenvalue weighted by Crippen LogP contribution is 2.35. The normalized spacial score (nSPS) is 10.2. The highest BCUT2D eigenvalue weighted by Gasteiger charge is 2.17. The minimum atomic E-state index is -1.25. The second-order valence-corrected chi connectivity index (χ2v) is 4.61. The molecule has 0 saturated carbocycles. The Balaban J connectivity index is 2.71. The molecular weight excluding hydrogens is 298 g/mol. The number of carboxylic acids is 1. The minimum Gasteiger partial charge on any atom is -0.496 e. The van der Waals surface area contributed by atoms with Gasteiger partial charge < -0.3 is 9.84 Å². The number of rotatable bonds is 4. The summed E-state index contributed by atoms with van der Waals surface area (Å²) < 4.78 is 5.18. The molecule has 7 heteroatoms. The summed E-state index contributed by atoms with van der Waals surface area (Å²) >= 11 is 5.92. The standard InChI is InChI=1S/C14H10ClNO5/c1-21-13-3-2-10(15)7-12(13)8-4-9(14(17)18)6-11(5-8)16(19)20/h2-7H,1H3,(H,17,18). The van der Waals surface area contributed by atoms with Crippen LogP contribution in [0.1, 0.15) is 10.4 Å². The molecule has 21 heavy (non-hydrogen) atoms. The van der Waals surface area contributed by atoms with Gasteiger partial charge in [0.2, 0.25) is 0 Å². The predicted molar refractivity (Wildman–Crippen MR) is 77.1 cm³/mol. The van der Waals surface area contributed by atoms with Crippen molar-refractivity contribution in [2.24, 2.45) is 0 Å². The van der Waals surface area contributed by atoms with Gasteiger partial charge in [-0.2, -0.15) is 0 Å². The van der Waals surface area contributed by atoms with Crippen LogP contribution in [0.4, 0.5) is 5.69 Å². The van der Waals surface area contributed by atoms with Crippen LogP contribution in [0.3, 0.4) is 0 Å². The Morgan fingerprint density at radius 2 is 2.00 bits per heavy atom. The van der Waals surface area contributed by atoms with Crippen LogP contribution in [0, 0.1) is 10.1 Å². The van der Waals surface area contributed by atoms with Crippen molar-refractivity contribution in [1.82, 2.24) is 0 Å². The summed E-state index contributed by atoms with van der Waals surface area (Å²) in [5.74, 6) is -0.808. The molecule has 0 aliphatic rings. The van der Waals surface area contributed by atoms with Crippen molar-refractivity contribution in [1.29, 1.82) is 0 Å². The molecule has 0 saturated heterocycles. The van der Waals surface area contributed by atoms with E-state index in [9.17, 15) is 14.9 Å². The Kier molecular flexibility index (Phi) is 4.09. The van der Waals surface area contributed by atoms with Gasteiger partial charge in [-0.1, -0.05) is 11.6 Å². The fraction of sp³-hybridized carbons (Fsp3) is 0.0714. The molecule has 1 N–H and O–H groups in total. The molecule has 0 bridgehead atoms. The highest BCUT2D eigenvalue weighted by atomic mass is 35.5. The first kappa shape index (κ1) is 14.8. The molecule has 0 radical (unpaired) electrons. The molecule has 0 atom stereocenters. The summed E-state index contributed by atoms with van der Waals surface area (Å²) in [4.78, 5) is 21.4. The van der Waals surface area contributed by atoms with Crippen molar-refractivity contribution in [3.63, 3.8) is 0 Å². The third kappa shape index (κ3) is 3.11. The van der Waals surface area contributed by atoms with Crippen molar-refractivity contribution in [2.75, 3.05) is 7.11 Å². The Hall–Kier alpha value is -2.60. The number of nitro benzene ring substituents is 1. The topological polar surface area (TPSA) is 89.7 Å². The number of halogens is 1. The van der Waals surface area contributed by atoms with Crippen LogP contribution in [0.25, 0.3) is 11.1 Å². The number of nitro groups is 1. The monoisotopic (exact) mass is 307 g/mol. The van der Waals surface area contributed by atoms with E-state index in [0.29, 0.717) is 21.9 Å². The van der Waals surface area contributed by atoms with E-state index in [2.05, 4.69) is 0 Å². The van der Waals surface area contributed by atoms with Crippen LogP contribution in [-0.2, 0) is 0 Å². The molecule has 2 aromatic rings. The summed E-state index contributed by atoms with van der Waals surface area (Å²) in [6, 6.07) is 8.40. The average Bonchev–Trinajstić information content (AvgIpc) is 2.46. The largest absolute Gasteiger partial charge is 0.496 e. The predicted octanol–water partition coefficient (Wildman–Crippen LogP) is 3.62. The second kappa shape index (κ2) is 5.80. The Morgan fingerprint density at radius 1 is 1.29 bits per heavy atom. The van der Waals surface area contributed by atoms with Gasteiger partial charge in [0.15, 0.2) is 0 Å². The Bertz CT molecular complexity index is 697. The number of benzene rings is 2. The van der Waals surface area contributed by atoms with Crippen molar-refractivity contribution >= 4 is 23.3 Å². The number of nitrogens with zero attached hydrogens (tertiary/aromatic N) is 1. The fourth-order valence-corrected chi connectivity index (χ4v) is 2.07. The zero-order valence-corrected chi connectivity index (χ0v) is 11.6. The lowest BCUT2D eigenvalue weighted by molar-refractivity contribution is -0.384. The van der Waals surface area contributed by atoms with Crippen LogP contribution >= 0.6 is 11.6 Å². The zero-order chi connectivity index (χ0) is 15.6. The molecule has 0 fully saturated rings. The second-order valence-electron chi connectivity index (χ2n) is 4.18. The van der Waals surface area contributed by atoms with E-state index in [1.807, 2.05) is 0 Å². The molecule has 0 aliphatic carbocycles. The first-order valence-corrected chi connectivity index (χ1v) is 6.17. The van der Waals surface area contributed by atoms with Gasteiger partial charge in [0.05, 0.1) is 17.6 Å². The number of aromatic carboxylic acids is 1. The maximum Gasteiger partial charge on any atom is 0.335 e. The molecule has 0 amide bonds. The van der Waals surface area contributed by atoms with Crippen molar-refractivity contribution < 1.29 is 19.6 Å². The first-order valence-electron chi connectivity index (χ1n) is 5.79. The van der Waals surface area contributed by atoms with Gasteiger partial charge in [-0.25, -0.2) is 4.79 Å². The molecule has 2 aromatic carbocycles. The van der Waals surface area contributed by atoms with Crippen molar-refractivity contribution in [3.8, 4) is 16.9 Å². The molecule has 0 heterocycles. The molecular formula is C14H10ClNO5. The summed E-state index contributed by atoms with van der Waals surface area (Å²) in [7, 11) is 1.45. The van der Waals surface area contributed by atoms with Gasteiger partial charge in [0.1, 0.15) is 5.75 Å². The maximum absolute atomic E-state index is 11.1. The van der Waals surface area contributed by atoms with Crippen molar-refractivity contribution in [3.05, 3.63) is 57.1 Å². The van der Waals surface area contributed by atoms with E-state index in [1.165, 1.54) is 19.2 Å². The minimum absolute atomic E-state index is 0.179. The Labute approximate surface area is 124 Å². The lowest BCUT2D eigenvalue weighted by Crippen LogP contribution is -1.99. The molecule has 0 unspecified atom stereocenters. The highest BCUT2D eigenvalue weighted by molar-refractivity contribution is 6.31. The number of hydrogen-bond donors (Lipinski definition) is 1. The first-order chi connectivity index (χ1) is 9.92. The summed E-state index contributed by atoms with van der Waals surface area (Å²) in [6.07, 6.45) is 0. The van der Waals surface area contributed by atoms with E-state index in [4.69, 9.17) is 21.4 Å². The zero-order valence-electron chi connectivity index (χ0n) is 10.9. The lowest BCUT2D eigenvalue weighted by Gasteiger charge is -2.10.